The van der Waals surface area contributed by atoms with Crippen LogP contribution in [0.15, 0.2) is 0 Å². The van der Waals surface area contributed by atoms with Gasteiger partial charge in [-0.25, -0.2) is 0 Å². The minimum Gasteiger partial charge on any atom is -0.390 e. The molecule has 0 amide bonds. The van der Waals surface area contributed by atoms with Crippen LogP contribution in [-0.4, -0.2) is 41.7 Å². The topological polar surface area (TPSA) is 75.7 Å². The van der Waals surface area contributed by atoms with Crippen molar-refractivity contribution in [2.24, 2.45) is 5.73 Å². The normalized spacial score (nSPS) is 41.7. The van der Waals surface area contributed by atoms with Gasteiger partial charge in [-0.1, -0.05) is 0 Å². The molecule has 60 valence electrons. The van der Waals surface area contributed by atoms with Gasteiger partial charge in [-0.3, -0.25) is 0 Å². The maximum atomic E-state index is 9.45. The Balaban J connectivity index is 2.54. The van der Waals surface area contributed by atoms with Gasteiger partial charge < -0.3 is 20.7 Å². The summed E-state index contributed by atoms with van der Waals surface area (Å²) in [5.74, 6) is 0. The molecule has 1 rings (SSSR count). The van der Waals surface area contributed by atoms with Crippen molar-refractivity contribution in [1.29, 1.82) is 0 Å². The van der Waals surface area contributed by atoms with Gasteiger partial charge in [-0.05, 0) is 6.42 Å². The summed E-state index contributed by atoms with van der Waals surface area (Å²) in [4.78, 5) is 0. The predicted octanol–water partition coefficient (Wildman–Crippen LogP) is -1.54. The fourth-order valence-corrected chi connectivity index (χ4v) is 1.00. The molecule has 4 N–H and O–H groups in total. The minimum atomic E-state index is -1.21. The van der Waals surface area contributed by atoms with Crippen LogP contribution in [0.2, 0.25) is 0 Å². The molecule has 10 heavy (non-hydrogen) atoms. The van der Waals surface area contributed by atoms with Crippen molar-refractivity contribution in [1.82, 2.24) is 0 Å². The van der Waals surface area contributed by atoms with Crippen LogP contribution in [-0.2, 0) is 4.74 Å². The third-order valence-electron chi connectivity index (χ3n) is 1.86. The molecule has 0 unspecified atom stereocenters. The number of hydrogen-bond donors (Lipinski definition) is 3. The summed E-state index contributed by atoms with van der Waals surface area (Å²) in [6.07, 6.45) is -0.264. The van der Waals surface area contributed by atoms with Crippen molar-refractivity contribution < 1.29 is 14.9 Å². The van der Waals surface area contributed by atoms with Crippen LogP contribution in [0.4, 0.5) is 0 Å². The molecule has 4 nitrogen and oxygen atoms in total. The van der Waals surface area contributed by atoms with Crippen molar-refractivity contribution in [2.75, 3.05) is 19.8 Å². The van der Waals surface area contributed by atoms with Gasteiger partial charge in [0, 0.05) is 13.2 Å². The van der Waals surface area contributed by atoms with E-state index >= 15 is 0 Å². The van der Waals surface area contributed by atoms with Crippen molar-refractivity contribution >= 4 is 0 Å². The number of ether oxygens (including phenoxy) is 1. The van der Waals surface area contributed by atoms with Gasteiger partial charge in [-0.15, -0.1) is 0 Å². The summed E-state index contributed by atoms with van der Waals surface area (Å²) < 4.78 is 4.96. The number of hydrogen-bond acceptors (Lipinski definition) is 4. The Morgan fingerprint density at radius 3 is 2.80 bits per heavy atom. The zero-order valence-corrected chi connectivity index (χ0v) is 5.79. The molecular formula is C6H13NO3. The van der Waals surface area contributed by atoms with Gasteiger partial charge in [0.1, 0.15) is 5.60 Å². The van der Waals surface area contributed by atoms with Crippen LogP contribution in [0.5, 0.6) is 0 Å². The highest BCUT2D eigenvalue weighted by Crippen LogP contribution is 2.17. The summed E-state index contributed by atoms with van der Waals surface area (Å²) in [6.45, 7) is 0.697. The summed E-state index contributed by atoms with van der Waals surface area (Å²) in [6, 6.07) is 0. The second-order valence-corrected chi connectivity index (χ2v) is 2.66. The number of aliphatic hydroxyl groups is 2. The first-order chi connectivity index (χ1) is 4.69. The number of rotatable bonds is 1. The third-order valence-corrected chi connectivity index (χ3v) is 1.86. The highest BCUT2D eigenvalue weighted by molar-refractivity contribution is 4.89. The summed E-state index contributed by atoms with van der Waals surface area (Å²) in [5.41, 5.74) is 4.03. The lowest BCUT2D eigenvalue weighted by molar-refractivity contribution is -0.152. The van der Waals surface area contributed by atoms with Gasteiger partial charge in [0.2, 0.25) is 0 Å². The Labute approximate surface area is 59.6 Å². The molecule has 2 atom stereocenters. The first kappa shape index (κ1) is 7.94. The van der Waals surface area contributed by atoms with Crippen molar-refractivity contribution in [3.8, 4) is 0 Å². The van der Waals surface area contributed by atoms with Crippen LogP contribution >= 0.6 is 0 Å². The standard InChI is InChI=1S/C6H13NO3/c7-3-6(9)4-10-2-1-5(6)8/h5,8-9H,1-4,7H2/t5-,6+/m1/s1. The molecule has 0 saturated carbocycles. The predicted molar refractivity (Wildman–Crippen MR) is 35.4 cm³/mol. The molecule has 0 bridgehead atoms. The highest BCUT2D eigenvalue weighted by atomic mass is 16.5. The van der Waals surface area contributed by atoms with E-state index in [1.807, 2.05) is 0 Å². The zero-order chi connectivity index (χ0) is 7.61. The lowest BCUT2D eigenvalue weighted by Gasteiger charge is -2.35. The second-order valence-electron chi connectivity index (χ2n) is 2.66. The lowest BCUT2D eigenvalue weighted by Crippen LogP contribution is -2.55. The minimum absolute atomic E-state index is 0.0498. The van der Waals surface area contributed by atoms with Gasteiger partial charge in [0.05, 0.1) is 12.7 Å². The van der Waals surface area contributed by atoms with Gasteiger partial charge in [0.15, 0.2) is 0 Å². The largest absolute Gasteiger partial charge is 0.390 e. The SMILES string of the molecule is NC[C@]1(O)COCC[C@H]1O. The summed E-state index contributed by atoms with van der Waals surface area (Å²) in [5, 5.41) is 18.7. The lowest BCUT2D eigenvalue weighted by atomic mass is 9.94. The van der Waals surface area contributed by atoms with E-state index < -0.39 is 11.7 Å². The molecule has 1 saturated heterocycles. The fraction of sp³-hybridized carbons (Fsp3) is 1.00. The first-order valence-electron chi connectivity index (χ1n) is 3.37. The van der Waals surface area contributed by atoms with Crippen LogP contribution < -0.4 is 5.73 Å². The highest BCUT2D eigenvalue weighted by Gasteiger charge is 2.37. The van der Waals surface area contributed by atoms with E-state index in [0.717, 1.165) is 0 Å². The number of aliphatic hydroxyl groups excluding tert-OH is 1. The Morgan fingerprint density at radius 1 is 1.70 bits per heavy atom. The zero-order valence-electron chi connectivity index (χ0n) is 5.79. The van der Waals surface area contributed by atoms with Crippen LogP contribution in [0.3, 0.4) is 0 Å². The van der Waals surface area contributed by atoms with E-state index in [2.05, 4.69) is 0 Å². The molecule has 1 fully saturated rings. The van der Waals surface area contributed by atoms with E-state index in [0.29, 0.717) is 13.0 Å². The molecular weight excluding hydrogens is 134 g/mol. The second kappa shape index (κ2) is 2.84. The van der Waals surface area contributed by atoms with E-state index in [4.69, 9.17) is 10.5 Å². The molecule has 1 heterocycles. The van der Waals surface area contributed by atoms with E-state index in [9.17, 15) is 10.2 Å². The summed E-state index contributed by atoms with van der Waals surface area (Å²) >= 11 is 0. The molecule has 0 aliphatic carbocycles. The Kier molecular flexibility index (Phi) is 2.25. The average Bonchev–Trinajstić information content (AvgIpc) is 1.96. The fourth-order valence-electron chi connectivity index (χ4n) is 1.00. The Hall–Kier alpha value is -0.160. The van der Waals surface area contributed by atoms with Crippen molar-refractivity contribution in [3.05, 3.63) is 0 Å². The molecule has 0 spiro atoms. The molecule has 0 aromatic heterocycles. The van der Waals surface area contributed by atoms with Crippen LogP contribution in [0.25, 0.3) is 0 Å². The quantitative estimate of drug-likeness (QED) is 0.420. The molecule has 1 aliphatic heterocycles. The van der Waals surface area contributed by atoms with E-state index in [1.54, 1.807) is 0 Å². The molecule has 0 radical (unpaired) electrons. The van der Waals surface area contributed by atoms with Crippen molar-refractivity contribution in [2.45, 2.75) is 18.1 Å². The summed E-state index contributed by atoms with van der Waals surface area (Å²) in [7, 11) is 0. The van der Waals surface area contributed by atoms with E-state index in [1.165, 1.54) is 0 Å². The Morgan fingerprint density at radius 2 is 2.40 bits per heavy atom. The van der Waals surface area contributed by atoms with Gasteiger partial charge in [0.25, 0.3) is 0 Å². The smallest absolute Gasteiger partial charge is 0.126 e. The number of nitrogens with two attached hydrogens (primary N) is 1. The van der Waals surface area contributed by atoms with Crippen molar-refractivity contribution in [3.63, 3.8) is 0 Å². The van der Waals surface area contributed by atoms with E-state index in [-0.39, 0.29) is 13.2 Å². The Bertz CT molecular complexity index is 120. The van der Waals surface area contributed by atoms with Crippen LogP contribution in [0.1, 0.15) is 6.42 Å². The third kappa shape index (κ3) is 1.29. The first-order valence-corrected chi connectivity index (χ1v) is 3.37. The maximum absolute atomic E-state index is 9.45. The maximum Gasteiger partial charge on any atom is 0.126 e. The molecule has 4 heteroatoms. The average molecular weight is 147 g/mol. The van der Waals surface area contributed by atoms with Crippen LogP contribution in [0, 0.1) is 0 Å². The monoisotopic (exact) mass is 147 g/mol. The van der Waals surface area contributed by atoms with Gasteiger partial charge in [-0.2, -0.15) is 0 Å². The molecule has 0 aromatic carbocycles. The van der Waals surface area contributed by atoms with Gasteiger partial charge >= 0.3 is 0 Å². The molecule has 1 aliphatic rings. The molecule has 0 aromatic rings.